The molecular formula is C32H22N2. The van der Waals surface area contributed by atoms with Crippen LogP contribution in [0.1, 0.15) is 0 Å². The van der Waals surface area contributed by atoms with Crippen LogP contribution in [-0.4, -0.2) is 0 Å². The minimum Gasteiger partial charge on any atom is -0.399 e. The van der Waals surface area contributed by atoms with Gasteiger partial charge in [-0.2, -0.15) is 0 Å². The summed E-state index contributed by atoms with van der Waals surface area (Å²) >= 11 is 0. The van der Waals surface area contributed by atoms with Crippen molar-refractivity contribution in [1.82, 2.24) is 0 Å². The van der Waals surface area contributed by atoms with Gasteiger partial charge in [0.25, 0.3) is 0 Å². The van der Waals surface area contributed by atoms with Crippen LogP contribution >= 0.6 is 0 Å². The minimum atomic E-state index is 0.793. The van der Waals surface area contributed by atoms with Gasteiger partial charge in [-0.3, -0.25) is 0 Å². The van der Waals surface area contributed by atoms with Gasteiger partial charge in [0.05, 0.1) is 0 Å². The van der Waals surface area contributed by atoms with Crippen LogP contribution in [0.4, 0.5) is 17.1 Å². The van der Waals surface area contributed by atoms with Crippen LogP contribution in [0.15, 0.2) is 115 Å². The number of rotatable bonds is 2. The first kappa shape index (κ1) is 19.0. The standard InChI is InChI=1S/C32H22N2/c33-28-12-10-23-16-27-18-29(13-11-24(27)15-26(23)17-28)34-31-7-3-6-20-8-9-25-14-21-4-1-2-5-22(21)19-30(25)32(20)31/h1-19,34H,33H2. The first-order valence-corrected chi connectivity index (χ1v) is 11.6. The SMILES string of the molecule is Nc1ccc2cc3cc(Nc4cccc5ccc6cc7ccccc7cc6c45)ccc3cc2c1. The highest BCUT2D eigenvalue weighted by atomic mass is 14.9. The van der Waals surface area contributed by atoms with E-state index in [0.717, 1.165) is 17.1 Å². The maximum Gasteiger partial charge on any atom is 0.0470 e. The number of nitrogen functional groups attached to an aromatic ring is 1. The molecule has 2 nitrogen and oxygen atoms in total. The fourth-order valence-corrected chi connectivity index (χ4v) is 5.15. The second-order valence-electron chi connectivity index (χ2n) is 9.04. The summed E-state index contributed by atoms with van der Waals surface area (Å²) in [6, 6.07) is 41.2. The molecule has 0 aromatic heterocycles. The molecule has 3 N–H and O–H groups in total. The van der Waals surface area contributed by atoms with Crippen molar-refractivity contribution in [3.05, 3.63) is 115 Å². The van der Waals surface area contributed by atoms with Crippen LogP contribution in [0.25, 0.3) is 53.9 Å². The Balaban J connectivity index is 1.40. The summed E-state index contributed by atoms with van der Waals surface area (Å²) in [6.07, 6.45) is 0. The highest BCUT2D eigenvalue weighted by Gasteiger charge is 2.09. The summed E-state index contributed by atoms with van der Waals surface area (Å²) in [6.45, 7) is 0. The lowest BCUT2D eigenvalue weighted by atomic mass is 9.97. The first-order valence-electron chi connectivity index (χ1n) is 11.6. The van der Waals surface area contributed by atoms with E-state index in [2.05, 4.69) is 108 Å². The molecule has 0 unspecified atom stereocenters. The number of hydrogen-bond acceptors (Lipinski definition) is 2. The van der Waals surface area contributed by atoms with E-state index in [9.17, 15) is 0 Å². The number of anilines is 3. The smallest absolute Gasteiger partial charge is 0.0470 e. The largest absolute Gasteiger partial charge is 0.399 e. The Morgan fingerprint density at radius 2 is 1.06 bits per heavy atom. The van der Waals surface area contributed by atoms with E-state index in [1.807, 2.05) is 12.1 Å². The topological polar surface area (TPSA) is 38.0 Å². The van der Waals surface area contributed by atoms with Crippen LogP contribution < -0.4 is 11.1 Å². The zero-order chi connectivity index (χ0) is 22.6. The highest BCUT2D eigenvalue weighted by molar-refractivity contribution is 6.17. The molecule has 0 radical (unpaired) electrons. The van der Waals surface area contributed by atoms with Crippen molar-refractivity contribution in [1.29, 1.82) is 0 Å². The zero-order valence-corrected chi connectivity index (χ0v) is 18.5. The Labute approximate surface area is 197 Å². The third kappa shape index (κ3) is 3.04. The first-order chi connectivity index (χ1) is 16.7. The highest BCUT2D eigenvalue weighted by Crippen LogP contribution is 2.36. The van der Waals surface area contributed by atoms with E-state index >= 15 is 0 Å². The Morgan fingerprint density at radius 1 is 0.441 bits per heavy atom. The minimum absolute atomic E-state index is 0.793. The maximum absolute atomic E-state index is 5.98. The average molecular weight is 435 g/mol. The number of nitrogens with one attached hydrogen (secondary N) is 1. The molecule has 0 saturated heterocycles. The van der Waals surface area contributed by atoms with Gasteiger partial charge in [0.15, 0.2) is 0 Å². The van der Waals surface area contributed by atoms with E-state index < -0.39 is 0 Å². The van der Waals surface area contributed by atoms with E-state index in [1.54, 1.807) is 0 Å². The quantitative estimate of drug-likeness (QED) is 0.162. The van der Waals surface area contributed by atoms with E-state index in [1.165, 1.54) is 53.9 Å². The van der Waals surface area contributed by atoms with Crippen molar-refractivity contribution in [2.45, 2.75) is 0 Å². The average Bonchev–Trinajstić information content (AvgIpc) is 2.86. The van der Waals surface area contributed by atoms with Gasteiger partial charge < -0.3 is 11.1 Å². The molecule has 0 aliphatic heterocycles. The van der Waals surface area contributed by atoms with Crippen molar-refractivity contribution >= 4 is 70.9 Å². The van der Waals surface area contributed by atoms with Crippen LogP contribution in [-0.2, 0) is 0 Å². The molecule has 0 amide bonds. The zero-order valence-electron chi connectivity index (χ0n) is 18.5. The predicted molar refractivity (Wildman–Crippen MR) is 148 cm³/mol. The number of hydrogen-bond donors (Lipinski definition) is 2. The van der Waals surface area contributed by atoms with Crippen molar-refractivity contribution in [2.75, 3.05) is 11.1 Å². The Kier molecular flexibility index (Phi) is 4.03. The van der Waals surface area contributed by atoms with Gasteiger partial charge in [0.1, 0.15) is 0 Å². The van der Waals surface area contributed by atoms with Crippen molar-refractivity contribution in [2.24, 2.45) is 0 Å². The maximum atomic E-state index is 5.98. The molecule has 34 heavy (non-hydrogen) atoms. The van der Waals surface area contributed by atoms with Gasteiger partial charge in [-0.1, -0.05) is 60.7 Å². The van der Waals surface area contributed by atoms with Crippen LogP contribution in [0.3, 0.4) is 0 Å². The molecule has 0 spiro atoms. The second kappa shape index (κ2) is 7.23. The Hall–Kier alpha value is -4.56. The Morgan fingerprint density at radius 3 is 1.91 bits per heavy atom. The molecule has 0 saturated carbocycles. The number of benzene rings is 7. The molecule has 0 fully saturated rings. The Bertz CT molecular complexity index is 1900. The van der Waals surface area contributed by atoms with Crippen LogP contribution in [0, 0.1) is 0 Å². The lowest BCUT2D eigenvalue weighted by Gasteiger charge is -2.14. The summed E-state index contributed by atoms with van der Waals surface area (Å²) in [5, 5.41) is 16.0. The van der Waals surface area contributed by atoms with Gasteiger partial charge in [-0.15, -0.1) is 0 Å². The van der Waals surface area contributed by atoms with Gasteiger partial charge in [0, 0.05) is 22.4 Å². The van der Waals surface area contributed by atoms with Gasteiger partial charge in [-0.05, 0) is 103 Å². The molecule has 7 aromatic carbocycles. The van der Waals surface area contributed by atoms with Gasteiger partial charge in [0.2, 0.25) is 0 Å². The fourth-order valence-electron chi connectivity index (χ4n) is 5.15. The summed E-state index contributed by atoms with van der Waals surface area (Å²) < 4.78 is 0. The molecule has 0 atom stereocenters. The molecule has 0 bridgehead atoms. The summed E-state index contributed by atoms with van der Waals surface area (Å²) in [5.41, 5.74) is 8.97. The summed E-state index contributed by atoms with van der Waals surface area (Å²) in [5.74, 6) is 0. The van der Waals surface area contributed by atoms with Crippen LogP contribution in [0.5, 0.6) is 0 Å². The normalized spacial score (nSPS) is 11.6. The van der Waals surface area contributed by atoms with E-state index in [-0.39, 0.29) is 0 Å². The number of nitrogens with two attached hydrogens (primary N) is 1. The van der Waals surface area contributed by atoms with Gasteiger partial charge in [-0.25, -0.2) is 0 Å². The van der Waals surface area contributed by atoms with Crippen molar-refractivity contribution in [3.8, 4) is 0 Å². The van der Waals surface area contributed by atoms with E-state index in [0.29, 0.717) is 0 Å². The van der Waals surface area contributed by atoms with E-state index in [4.69, 9.17) is 5.73 Å². The third-order valence-electron chi connectivity index (χ3n) is 6.82. The lowest BCUT2D eigenvalue weighted by molar-refractivity contribution is 1.61. The molecule has 160 valence electrons. The molecule has 0 aliphatic rings. The predicted octanol–water partition coefficient (Wildman–Crippen LogP) is 8.78. The summed E-state index contributed by atoms with van der Waals surface area (Å²) in [7, 11) is 0. The second-order valence-corrected chi connectivity index (χ2v) is 9.04. The molecule has 7 rings (SSSR count). The molecule has 0 heterocycles. The molecule has 0 aliphatic carbocycles. The van der Waals surface area contributed by atoms with Crippen molar-refractivity contribution in [3.63, 3.8) is 0 Å². The fraction of sp³-hybridized carbons (Fsp3) is 0. The van der Waals surface area contributed by atoms with Crippen molar-refractivity contribution < 1.29 is 0 Å². The molecular weight excluding hydrogens is 412 g/mol. The molecule has 7 aromatic rings. The monoisotopic (exact) mass is 434 g/mol. The van der Waals surface area contributed by atoms with Crippen LogP contribution in [0.2, 0.25) is 0 Å². The lowest BCUT2D eigenvalue weighted by Crippen LogP contribution is -1.93. The number of fused-ring (bicyclic) bond motifs is 6. The third-order valence-corrected chi connectivity index (χ3v) is 6.82. The molecule has 2 heteroatoms. The summed E-state index contributed by atoms with van der Waals surface area (Å²) in [4.78, 5) is 0. The van der Waals surface area contributed by atoms with Gasteiger partial charge >= 0.3 is 0 Å².